The van der Waals surface area contributed by atoms with Crippen LogP contribution in [0.1, 0.15) is 12.7 Å². The van der Waals surface area contributed by atoms with Gasteiger partial charge in [0.25, 0.3) is 0 Å². The first kappa shape index (κ1) is 23.1. The molecule has 2 aromatic rings. The molecule has 0 amide bonds. The van der Waals surface area contributed by atoms with Crippen LogP contribution in [0.4, 0.5) is 17.3 Å². The normalized spacial score (nSPS) is 23.6. The Hall–Kier alpha value is -3.34. The number of nitrogens with one attached hydrogen (secondary N) is 2. The number of ether oxygens (including phenoxy) is 1. The highest BCUT2D eigenvalue weighted by Gasteiger charge is 2.33. The summed E-state index contributed by atoms with van der Waals surface area (Å²) >= 11 is 0. The standard InChI is InChI=1S/C26H32N8O2/c1-17-22(6-7-23(24(17)27)34-12-21(35)13-34)25-28-16-29-26(31-25)30-18-2-4-19(5-3-18)32-8-10-33(11-9-32)20-14-36-15-20/h2-7,16-17,20-21,27,35H,8-15H2,1H3,(H,28,29,30,31). The molecule has 6 rings (SSSR count). The Morgan fingerprint density at radius 3 is 2.42 bits per heavy atom. The van der Waals surface area contributed by atoms with E-state index in [0.717, 1.165) is 56.4 Å². The maximum absolute atomic E-state index is 9.61. The SMILES string of the molecule is CC1C(=N)C(N2CC(O)C2)=CC=C1c1ncnc(Nc2ccc(N3CCN(C4COC4)CC3)cc2)n1. The number of aliphatic hydroxyl groups is 1. The molecule has 188 valence electrons. The molecule has 10 nitrogen and oxygen atoms in total. The molecule has 0 saturated carbocycles. The van der Waals surface area contributed by atoms with Crippen molar-refractivity contribution in [2.75, 3.05) is 62.7 Å². The lowest BCUT2D eigenvalue weighted by atomic mass is 9.87. The zero-order valence-electron chi connectivity index (χ0n) is 20.5. The molecule has 1 aliphatic carbocycles. The van der Waals surface area contributed by atoms with E-state index in [1.54, 1.807) is 0 Å². The van der Waals surface area contributed by atoms with Gasteiger partial charge in [-0.3, -0.25) is 4.90 Å². The van der Waals surface area contributed by atoms with E-state index in [0.29, 0.717) is 36.6 Å². The fourth-order valence-electron chi connectivity index (χ4n) is 5.14. The van der Waals surface area contributed by atoms with Crippen molar-refractivity contribution in [3.05, 3.63) is 54.3 Å². The predicted octanol–water partition coefficient (Wildman–Crippen LogP) is 1.75. The van der Waals surface area contributed by atoms with Crippen molar-refractivity contribution in [3.8, 4) is 0 Å². The van der Waals surface area contributed by atoms with Gasteiger partial charge in [-0.2, -0.15) is 4.98 Å². The Morgan fingerprint density at radius 1 is 1.00 bits per heavy atom. The monoisotopic (exact) mass is 488 g/mol. The van der Waals surface area contributed by atoms with Crippen LogP contribution < -0.4 is 10.2 Å². The fraction of sp³-hybridized carbons (Fsp3) is 0.462. The summed E-state index contributed by atoms with van der Waals surface area (Å²) in [5, 5.41) is 21.5. The summed E-state index contributed by atoms with van der Waals surface area (Å²) in [5.41, 5.74) is 4.41. The number of nitrogens with zero attached hydrogens (tertiary/aromatic N) is 6. The Balaban J connectivity index is 1.11. The molecule has 10 heteroatoms. The number of benzene rings is 1. The van der Waals surface area contributed by atoms with Gasteiger partial charge in [-0.15, -0.1) is 0 Å². The van der Waals surface area contributed by atoms with Crippen LogP contribution in [0.3, 0.4) is 0 Å². The third-order valence-corrected chi connectivity index (χ3v) is 7.57. The number of rotatable bonds is 6. The van der Waals surface area contributed by atoms with Crippen LogP contribution in [-0.4, -0.2) is 100 Å². The topological polar surface area (TPSA) is 114 Å². The molecule has 0 bridgehead atoms. The molecule has 36 heavy (non-hydrogen) atoms. The second-order valence-electron chi connectivity index (χ2n) is 9.89. The van der Waals surface area contributed by atoms with Crippen LogP contribution in [0.5, 0.6) is 0 Å². The van der Waals surface area contributed by atoms with Crippen LogP contribution in [0.2, 0.25) is 0 Å². The molecule has 3 N–H and O–H groups in total. The second kappa shape index (κ2) is 9.61. The van der Waals surface area contributed by atoms with E-state index in [1.807, 2.05) is 24.0 Å². The number of hydrogen-bond acceptors (Lipinski definition) is 10. The molecule has 4 aliphatic rings. The van der Waals surface area contributed by atoms with Gasteiger partial charge < -0.3 is 30.4 Å². The number of β-amino-alcohol motifs (C(OH)–C–C–N with tert-alkyl or cyclic N) is 1. The van der Waals surface area contributed by atoms with E-state index in [2.05, 4.69) is 54.3 Å². The first-order chi connectivity index (χ1) is 17.5. The van der Waals surface area contributed by atoms with Gasteiger partial charge >= 0.3 is 0 Å². The maximum atomic E-state index is 9.61. The highest BCUT2D eigenvalue weighted by Crippen LogP contribution is 2.32. The van der Waals surface area contributed by atoms with E-state index < -0.39 is 0 Å². The van der Waals surface area contributed by atoms with Gasteiger partial charge in [-0.25, -0.2) is 9.97 Å². The van der Waals surface area contributed by atoms with Gasteiger partial charge in [-0.05, 0) is 30.3 Å². The number of piperazine rings is 1. The molecular weight excluding hydrogens is 456 g/mol. The Morgan fingerprint density at radius 2 is 1.75 bits per heavy atom. The molecule has 3 aliphatic heterocycles. The fourth-order valence-corrected chi connectivity index (χ4v) is 5.14. The first-order valence-electron chi connectivity index (χ1n) is 12.6. The van der Waals surface area contributed by atoms with Crippen molar-refractivity contribution in [3.63, 3.8) is 0 Å². The minimum absolute atomic E-state index is 0.144. The largest absolute Gasteiger partial charge is 0.389 e. The van der Waals surface area contributed by atoms with Gasteiger partial charge in [0, 0.05) is 62.1 Å². The lowest BCUT2D eigenvalue weighted by Crippen LogP contribution is -2.56. The van der Waals surface area contributed by atoms with Crippen LogP contribution in [-0.2, 0) is 4.74 Å². The van der Waals surface area contributed by atoms with Crippen molar-refractivity contribution >= 4 is 28.6 Å². The Labute approximate surface area is 210 Å². The van der Waals surface area contributed by atoms with E-state index in [9.17, 15) is 5.11 Å². The minimum atomic E-state index is -0.302. The van der Waals surface area contributed by atoms with Crippen LogP contribution in [0, 0.1) is 11.3 Å². The summed E-state index contributed by atoms with van der Waals surface area (Å²) in [5.74, 6) is 0.897. The van der Waals surface area contributed by atoms with Crippen molar-refractivity contribution < 1.29 is 9.84 Å². The number of anilines is 3. The highest BCUT2D eigenvalue weighted by atomic mass is 16.5. The smallest absolute Gasteiger partial charge is 0.230 e. The van der Waals surface area contributed by atoms with Crippen molar-refractivity contribution in [2.24, 2.45) is 5.92 Å². The molecule has 3 saturated heterocycles. The van der Waals surface area contributed by atoms with Crippen molar-refractivity contribution in [2.45, 2.75) is 19.1 Å². The molecule has 0 spiro atoms. The van der Waals surface area contributed by atoms with E-state index in [4.69, 9.17) is 10.1 Å². The summed E-state index contributed by atoms with van der Waals surface area (Å²) in [7, 11) is 0. The van der Waals surface area contributed by atoms with Gasteiger partial charge in [0.15, 0.2) is 5.82 Å². The summed E-state index contributed by atoms with van der Waals surface area (Å²) < 4.78 is 5.33. The minimum Gasteiger partial charge on any atom is -0.389 e. The van der Waals surface area contributed by atoms with Gasteiger partial charge in [0.1, 0.15) is 6.33 Å². The predicted molar refractivity (Wildman–Crippen MR) is 138 cm³/mol. The summed E-state index contributed by atoms with van der Waals surface area (Å²) in [6.45, 7) is 9.09. The second-order valence-corrected chi connectivity index (χ2v) is 9.89. The lowest BCUT2D eigenvalue weighted by Gasteiger charge is -2.43. The van der Waals surface area contributed by atoms with E-state index >= 15 is 0 Å². The third kappa shape index (κ3) is 4.47. The van der Waals surface area contributed by atoms with Crippen LogP contribution >= 0.6 is 0 Å². The van der Waals surface area contributed by atoms with Crippen molar-refractivity contribution in [1.82, 2.24) is 24.8 Å². The molecule has 1 aromatic carbocycles. The number of likely N-dealkylation sites (tertiary alicyclic amines) is 1. The zero-order valence-corrected chi connectivity index (χ0v) is 20.5. The Kier molecular flexibility index (Phi) is 6.16. The zero-order chi connectivity index (χ0) is 24.6. The quantitative estimate of drug-likeness (QED) is 0.560. The average molecular weight is 489 g/mol. The number of hydrogen-bond donors (Lipinski definition) is 3. The molecular formula is C26H32N8O2. The highest BCUT2D eigenvalue weighted by molar-refractivity contribution is 6.07. The molecule has 0 radical (unpaired) electrons. The van der Waals surface area contributed by atoms with Gasteiger partial charge in [0.05, 0.1) is 36.8 Å². The lowest BCUT2D eigenvalue weighted by molar-refractivity contribution is -0.0660. The van der Waals surface area contributed by atoms with E-state index in [1.165, 1.54) is 12.0 Å². The first-order valence-corrected chi connectivity index (χ1v) is 12.6. The molecule has 1 aromatic heterocycles. The van der Waals surface area contributed by atoms with Crippen molar-refractivity contribution in [1.29, 1.82) is 5.41 Å². The molecule has 3 fully saturated rings. The maximum Gasteiger partial charge on any atom is 0.230 e. The van der Waals surface area contributed by atoms with Crippen LogP contribution in [0.15, 0.2) is 48.4 Å². The van der Waals surface area contributed by atoms with Gasteiger partial charge in [-0.1, -0.05) is 13.0 Å². The number of aromatic nitrogens is 3. The molecule has 1 atom stereocenters. The average Bonchev–Trinajstić information content (AvgIpc) is 2.84. The number of aliphatic hydroxyl groups excluding tert-OH is 1. The third-order valence-electron chi connectivity index (χ3n) is 7.57. The summed E-state index contributed by atoms with van der Waals surface area (Å²) in [6.07, 6.45) is 5.12. The van der Waals surface area contributed by atoms with E-state index in [-0.39, 0.29) is 12.0 Å². The Bertz CT molecular complexity index is 1180. The molecule has 1 unspecified atom stereocenters. The summed E-state index contributed by atoms with van der Waals surface area (Å²) in [6, 6.07) is 8.99. The number of allylic oxidation sites excluding steroid dienone is 4. The van der Waals surface area contributed by atoms with Gasteiger partial charge in [0.2, 0.25) is 5.95 Å². The summed E-state index contributed by atoms with van der Waals surface area (Å²) in [4.78, 5) is 20.3. The van der Waals surface area contributed by atoms with Crippen LogP contribution in [0.25, 0.3) is 5.57 Å². The molecule has 4 heterocycles.